The average Bonchev–Trinajstić information content (AvgIpc) is 2.60. The highest BCUT2D eigenvalue weighted by Crippen LogP contribution is 2.33. The van der Waals surface area contributed by atoms with Gasteiger partial charge in [0, 0.05) is 6.07 Å². The number of carbonyl (C=O) groups excluding carboxylic acids is 1. The van der Waals surface area contributed by atoms with Crippen LogP contribution in [-0.2, 0) is 0 Å². The molecule has 0 spiro atoms. The molecule has 0 fully saturated rings. The van der Waals surface area contributed by atoms with Gasteiger partial charge in [-0.15, -0.1) is 13.2 Å². The van der Waals surface area contributed by atoms with E-state index in [1.54, 1.807) is 0 Å². The summed E-state index contributed by atoms with van der Waals surface area (Å²) in [6, 6.07) is 5.39. The summed E-state index contributed by atoms with van der Waals surface area (Å²) in [5, 5.41) is -0.264. The van der Waals surface area contributed by atoms with Gasteiger partial charge in [-0.2, -0.15) is 0 Å². The first-order valence-electron chi connectivity index (χ1n) is 8.17. The Labute approximate surface area is 167 Å². The minimum absolute atomic E-state index is 0.0449. The van der Waals surface area contributed by atoms with Crippen molar-refractivity contribution in [3.63, 3.8) is 0 Å². The highest BCUT2D eigenvalue weighted by molar-refractivity contribution is 6.32. The summed E-state index contributed by atoms with van der Waals surface area (Å²) < 4.78 is 78.2. The number of hydrogen-bond donors (Lipinski definition) is 1. The number of halogens is 6. The molecule has 29 heavy (non-hydrogen) atoms. The molecule has 0 heterocycles. The Morgan fingerprint density at radius 3 is 2.21 bits per heavy atom. The largest absolute Gasteiger partial charge is 0.573 e. The number of primary amides is 1. The van der Waals surface area contributed by atoms with Gasteiger partial charge in [0.1, 0.15) is 22.9 Å². The van der Waals surface area contributed by atoms with Crippen LogP contribution in [0.3, 0.4) is 0 Å². The van der Waals surface area contributed by atoms with Crippen LogP contribution in [0.1, 0.15) is 23.2 Å². The molecule has 2 aromatic rings. The molecule has 0 unspecified atom stereocenters. The molecule has 0 atom stereocenters. The van der Waals surface area contributed by atoms with Crippen molar-refractivity contribution in [3.8, 4) is 17.2 Å². The first-order chi connectivity index (χ1) is 13.6. The van der Waals surface area contributed by atoms with Crippen molar-refractivity contribution in [3.05, 3.63) is 52.6 Å². The standard InChI is InChI=1S/C18H15ClF5NO4/c19-11-9-10(3-5-13(11)29-18(22,23)24)27-7-1-2-8-28-14-6-4-12(20)15(16(14)21)17(25)26/h3-6,9H,1-2,7-8H2,(H2,25,26). The second-order valence-corrected chi connectivity index (χ2v) is 6.05. The molecule has 2 N–H and O–H groups in total. The summed E-state index contributed by atoms with van der Waals surface area (Å²) in [5.41, 5.74) is 4.05. The van der Waals surface area contributed by atoms with Crippen LogP contribution in [0.5, 0.6) is 17.2 Å². The third-order valence-corrected chi connectivity index (χ3v) is 3.79. The SMILES string of the molecule is NC(=O)c1c(F)ccc(OCCCCOc2ccc(OC(F)(F)F)c(Cl)c2)c1F. The fourth-order valence-electron chi connectivity index (χ4n) is 2.23. The lowest BCUT2D eigenvalue weighted by molar-refractivity contribution is -0.274. The Bertz CT molecular complexity index is 876. The number of benzene rings is 2. The van der Waals surface area contributed by atoms with E-state index in [9.17, 15) is 26.7 Å². The van der Waals surface area contributed by atoms with Crippen molar-refractivity contribution in [2.24, 2.45) is 5.73 Å². The van der Waals surface area contributed by atoms with Crippen LogP contribution in [0.2, 0.25) is 5.02 Å². The fraction of sp³-hybridized carbons (Fsp3) is 0.278. The van der Waals surface area contributed by atoms with Gasteiger partial charge in [0.2, 0.25) is 0 Å². The Hall–Kier alpha value is -2.75. The number of amides is 1. The summed E-state index contributed by atoms with van der Waals surface area (Å²) in [4.78, 5) is 11.1. The molecule has 1 amide bonds. The van der Waals surface area contributed by atoms with E-state index >= 15 is 0 Å². The van der Waals surface area contributed by atoms with Gasteiger partial charge in [-0.05, 0) is 37.1 Å². The van der Waals surface area contributed by atoms with E-state index in [-0.39, 0.29) is 29.7 Å². The molecule has 0 radical (unpaired) electrons. The van der Waals surface area contributed by atoms with Crippen molar-refractivity contribution in [1.29, 1.82) is 0 Å². The monoisotopic (exact) mass is 439 g/mol. The molecule has 0 aromatic heterocycles. The Balaban J connectivity index is 1.77. The molecule has 2 aromatic carbocycles. The van der Waals surface area contributed by atoms with E-state index in [2.05, 4.69) is 4.74 Å². The maximum absolute atomic E-state index is 14.0. The molecule has 0 aliphatic heterocycles. The molecule has 5 nitrogen and oxygen atoms in total. The summed E-state index contributed by atoms with van der Waals surface area (Å²) in [7, 11) is 0. The maximum atomic E-state index is 14.0. The number of hydrogen-bond acceptors (Lipinski definition) is 4. The molecule has 0 bridgehead atoms. The number of rotatable bonds is 9. The fourth-order valence-corrected chi connectivity index (χ4v) is 2.43. The average molecular weight is 440 g/mol. The zero-order valence-corrected chi connectivity index (χ0v) is 15.4. The number of unbranched alkanes of at least 4 members (excludes halogenated alkanes) is 1. The van der Waals surface area contributed by atoms with E-state index in [1.165, 1.54) is 12.1 Å². The van der Waals surface area contributed by atoms with Gasteiger partial charge < -0.3 is 19.9 Å². The lowest BCUT2D eigenvalue weighted by Crippen LogP contribution is -2.17. The quantitative estimate of drug-likeness (QED) is 0.448. The van der Waals surface area contributed by atoms with Crippen LogP contribution in [0.4, 0.5) is 22.0 Å². The summed E-state index contributed by atoms with van der Waals surface area (Å²) in [5.74, 6) is -4.12. The van der Waals surface area contributed by atoms with Crippen molar-refractivity contribution in [1.82, 2.24) is 0 Å². The van der Waals surface area contributed by atoms with Gasteiger partial charge in [0.05, 0.1) is 18.2 Å². The number of carbonyl (C=O) groups is 1. The molecule has 11 heteroatoms. The smallest absolute Gasteiger partial charge is 0.494 e. The number of ether oxygens (including phenoxy) is 3. The second kappa shape index (κ2) is 9.64. The summed E-state index contributed by atoms with van der Waals surface area (Å²) in [6.07, 6.45) is -4.00. The lowest BCUT2D eigenvalue weighted by atomic mass is 10.1. The van der Waals surface area contributed by atoms with Gasteiger partial charge in [-0.25, -0.2) is 8.78 Å². The van der Waals surface area contributed by atoms with Crippen LogP contribution in [0, 0.1) is 11.6 Å². The number of alkyl halides is 3. The molecule has 0 saturated heterocycles. The lowest BCUT2D eigenvalue weighted by Gasteiger charge is -2.12. The first-order valence-corrected chi connectivity index (χ1v) is 8.55. The van der Waals surface area contributed by atoms with Crippen molar-refractivity contribution in [2.75, 3.05) is 13.2 Å². The minimum atomic E-state index is -4.85. The van der Waals surface area contributed by atoms with E-state index in [0.717, 1.165) is 18.2 Å². The molecule has 158 valence electrons. The Kier molecular flexibility index (Phi) is 7.49. The van der Waals surface area contributed by atoms with Gasteiger partial charge in [-0.3, -0.25) is 4.79 Å². The zero-order chi connectivity index (χ0) is 21.6. The Morgan fingerprint density at radius 2 is 1.62 bits per heavy atom. The molecular formula is C18H15ClF5NO4. The predicted octanol–water partition coefficient (Wildman–Crippen LogP) is 4.85. The Morgan fingerprint density at radius 1 is 1.00 bits per heavy atom. The summed E-state index contributed by atoms with van der Waals surface area (Å²) in [6.45, 7) is 0.223. The number of nitrogens with two attached hydrogens (primary N) is 1. The zero-order valence-electron chi connectivity index (χ0n) is 14.7. The minimum Gasteiger partial charge on any atom is -0.494 e. The van der Waals surface area contributed by atoms with Crippen molar-refractivity contribution >= 4 is 17.5 Å². The van der Waals surface area contributed by atoms with Gasteiger partial charge in [0.25, 0.3) is 5.91 Å². The maximum Gasteiger partial charge on any atom is 0.573 e. The molecular weight excluding hydrogens is 425 g/mol. The molecule has 2 rings (SSSR count). The third kappa shape index (κ3) is 6.67. The van der Waals surface area contributed by atoms with Crippen molar-refractivity contribution in [2.45, 2.75) is 19.2 Å². The van der Waals surface area contributed by atoms with Crippen LogP contribution in [0.15, 0.2) is 30.3 Å². The topological polar surface area (TPSA) is 70.8 Å². The van der Waals surface area contributed by atoms with E-state index in [4.69, 9.17) is 26.8 Å². The van der Waals surface area contributed by atoms with Crippen LogP contribution >= 0.6 is 11.6 Å². The van der Waals surface area contributed by atoms with E-state index in [1.807, 2.05) is 0 Å². The van der Waals surface area contributed by atoms with Crippen molar-refractivity contribution < 1.29 is 41.0 Å². The summed E-state index contributed by atoms with van der Waals surface area (Å²) >= 11 is 5.71. The predicted molar refractivity (Wildman–Crippen MR) is 93.2 cm³/mol. The highest BCUT2D eigenvalue weighted by Gasteiger charge is 2.32. The van der Waals surface area contributed by atoms with Gasteiger partial charge in [-0.1, -0.05) is 11.6 Å². The first kappa shape index (κ1) is 22.5. The third-order valence-electron chi connectivity index (χ3n) is 3.50. The normalized spacial score (nSPS) is 11.2. The molecule has 0 saturated carbocycles. The second-order valence-electron chi connectivity index (χ2n) is 5.64. The van der Waals surface area contributed by atoms with E-state index < -0.39 is 35.2 Å². The van der Waals surface area contributed by atoms with Crippen LogP contribution in [0.25, 0.3) is 0 Å². The highest BCUT2D eigenvalue weighted by atomic mass is 35.5. The van der Waals surface area contributed by atoms with Gasteiger partial charge >= 0.3 is 6.36 Å². The molecule has 0 aliphatic carbocycles. The van der Waals surface area contributed by atoms with Crippen LogP contribution < -0.4 is 19.9 Å². The van der Waals surface area contributed by atoms with E-state index in [0.29, 0.717) is 12.8 Å². The van der Waals surface area contributed by atoms with Gasteiger partial charge in [0.15, 0.2) is 11.6 Å². The molecule has 0 aliphatic rings. The van der Waals surface area contributed by atoms with Crippen LogP contribution in [-0.4, -0.2) is 25.5 Å².